The summed E-state index contributed by atoms with van der Waals surface area (Å²) in [7, 11) is 3.16. The van der Waals surface area contributed by atoms with Crippen molar-refractivity contribution in [2.45, 2.75) is 51.4 Å². The smallest absolute Gasteiger partial charge is 0.322 e. The van der Waals surface area contributed by atoms with E-state index in [4.69, 9.17) is 19.3 Å². The van der Waals surface area contributed by atoms with Crippen molar-refractivity contribution >= 4 is 23.6 Å². The van der Waals surface area contributed by atoms with Gasteiger partial charge in [0.2, 0.25) is 5.91 Å². The van der Waals surface area contributed by atoms with Crippen LogP contribution in [0.5, 0.6) is 11.5 Å². The number of hydrogen-bond donors (Lipinski definition) is 2. The van der Waals surface area contributed by atoms with Crippen LogP contribution in [0.15, 0.2) is 41.5 Å². The minimum Gasteiger partial charge on any atom is -0.493 e. The van der Waals surface area contributed by atoms with Gasteiger partial charge in [0.1, 0.15) is 12.3 Å². The van der Waals surface area contributed by atoms with Crippen molar-refractivity contribution in [2.75, 3.05) is 40.4 Å². The summed E-state index contributed by atoms with van der Waals surface area (Å²) in [4.78, 5) is 37.8. The lowest BCUT2D eigenvalue weighted by molar-refractivity contribution is -0.139. The molecule has 0 atom stereocenters. The van der Waals surface area contributed by atoms with Crippen LogP contribution in [-0.4, -0.2) is 68.3 Å². The molecule has 9 nitrogen and oxygen atoms in total. The number of carboxylic acids is 1. The van der Waals surface area contributed by atoms with E-state index < -0.39 is 24.4 Å². The molecule has 0 spiro atoms. The molecule has 2 aliphatic carbocycles. The van der Waals surface area contributed by atoms with Gasteiger partial charge in [0, 0.05) is 18.5 Å². The number of amides is 1. The molecule has 2 N–H and O–H groups in total. The number of piperidine rings is 1. The van der Waals surface area contributed by atoms with E-state index in [1.165, 1.54) is 5.57 Å². The number of carboxylic acid groups (broad SMARTS) is 1. The number of hydrogen-bond acceptors (Lipinski definition) is 7. The fourth-order valence-electron chi connectivity index (χ4n) is 5.48. The predicted octanol–water partition coefficient (Wildman–Crippen LogP) is 3.87. The largest absolute Gasteiger partial charge is 0.493 e. The van der Waals surface area contributed by atoms with E-state index in [1.54, 1.807) is 14.2 Å². The number of allylic oxidation sites excluding steroid dienone is 4. The van der Waals surface area contributed by atoms with Crippen LogP contribution in [0.3, 0.4) is 0 Å². The Morgan fingerprint density at radius 1 is 1.08 bits per heavy atom. The number of nitrogens with one attached hydrogen (secondary N) is 1. The van der Waals surface area contributed by atoms with Gasteiger partial charge in [-0.2, -0.15) is 0 Å². The van der Waals surface area contributed by atoms with E-state index in [1.807, 2.05) is 12.1 Å². The Kier molecular flexibility index (Phi) is 9.81. The summed E-state index contributed by atoms with van der Waals surface area (Å²) in [5.41, 5.74) is 4.39. The van der Waals surface area contributed by atoms with Gasteiger partial charge < -0.3 is 24.6 Å². The molecule has 0 unspecified atom stereocenters. The quantitative estimate of drug-likeness (QED) is 0.386. The molecule has 4 rings (SSSR count). The Morgan fingerprint density at radius 2 is 1.82 bits per heavy atom. The van der Waals surface area contributed by atoms with Gasteiger partial charge in [-0.25, -0.2) is 0 Å². The monoisotopic (exact) mass is 538 g/mol. The molecular formula is C30H38N2O7. The summed E-state index contributed by atoms with van der Waals surface area (Å²) in [5.74, 6) is 0.0433. The molecule has 1 heterocycles. The number of ether oxygens (including phenoxy) is 3. The number of nitrogens with zero attached hydrogens (tertiary/aromatic N) is 1. The van der Waals surface area contributed by atoms with Crippen molar-refractivity contribution in [1.29, 1.82) is 0 Å². The maximum atomic E-state index is 12.8. The van der Waals surface area contributed by atoms with Crippen LogP contribution in [-0.2, 0) is 25.5 Å². The molecule has 0 bridgehead atoms. The standard InChI is InChI=1S/C30H38N2O7/c1-37-25-16-22-15-23(14-20-10-12-32(13-11-20)19-21-6-4-3-5-7-21)30(24(22)17-26(25)38-2)39-29(36)9-8-27(33)31-18-28(34)35/h3-4,6,16-17,20H,5,7-15,18-19H2,1-2H3,(H,31,33)(H,34,35). The first-order valence-corrected chi connectivity index (χ1v) is 13.6. The Bertz CT molecular complexity index is 1180. The average Bonchev–Trinajstić information content (AvgIpc) is 3.26. The van der Waals surface area contributed by atoms with Crippen LogP contribution in [0, 0.1) is 5.92 Å². The second-order valence-electron chi connectivity index (χ2n) is 10.3. The highest BCUT2D eigenvalue weighted by Crippen LogP contribution is 2.43. The number of carbonyl (C=O) groups is 3. The van der Waals surface area contributed by atoms with Gasteiger partial charge in [-0.15, -0.1) is 0 Å². The molecule has 1 aromatic rings. The number of rotatable bonds is 12. The topological polar surface area (TPSA) is 114 Å². The molecule has 3 aliphatic rings. The first kappa shape index (κ1) is 28.4. The number of aliphatic carboxylic acids is 1. The lowest BCUT2D eigenvalue weighted by Crippen LogP contribution is -2.35. The summed E-state index contributed by atoms with van der Waals surface area (Å²) in [6, 6.07) is 3.78. The lowest BCUT2D eigenvalue weighted by Gasteiger charge is -2.33. The fourth-order valence-corrected chi connectivity index (χ4v) is 5.48. The number of methoxy groups -OCH3 is 2. The zero-order valence-electron chi connectivity index (χ0n) is 22.8. The Morgan fingerprint density at radius 3 is 2.49 bits per heavy atom. The maximum Gasteiger partial charge on any atom is 0.322 e. The molecule has 0 radical (unpaired) electrons. The Hall–Kier alpha value is -3.59. The SMILES string of the molecule is COc1cc2c(cc1OC)C(OC(=O)CCC(=O)NCC(=O)O)=C(CC1CCN(CC3=CC=CCC3)CC1)C2. The van der Waals surface area contributed by atoms with Gasteiger partial charge in [0.15, 0.2) is 11.5 Å². The summed E-state index contributed by atoms with van der Waals surface area (Å²) < 4.78 is 16.9. The van der Waals surface area contributed by atoms with Crippen LogP contribution >= 0.6 is 0 Å². The molecule has 0 aromatic heterocycles. The van der Waals surface area contributed by atoms with Gasteiger partial charge in [-0.1, -0.05) is 23.8 Å². The highest BCUT2D eigenvalue weighted by molar-refractivity contribution is 5.87. The second kappa shape index (κ2) is 13.5. The molecule has 210 valence electrons. The molecule has 1 aromatic carbocycles. The van der Waals surface area contributed by atoms with Gasteiger partial charge in [0.25, 0.3) is 0 Å². The van der Waals surface area contributed by atoms with Crippen molar-refractivity contribution in [3.63, 3.8) is 0 Å². The van der Waals surface area contributed by atoms with Crippen LogP contribution in [0.25, 0.3) is 5.76 Å². The number of benzene rings is 1. The van der Waals surface area contributed by atoms with Gasteiger partial charge in [-0.3, -0.25) is 19.3 Å². The number of likely N-dealkylation sites (tertiary alicyclic amines) is 1. The lowest BCUT2D eigenvalue weighted by atomic mass is 9.89. The number of esters is 1. The van der Waals surface area contributed by atoms with Crippen LogP contribution < -0.4 is 14.8 Å². The van der Waals surface area contributed by atoms with E-state index in [0.29, 0.717) is 29.6 Å². The third kappa shape index (κ3) is 7.72. The Labute approximate surface area is 229 Å². The zero-order valence-corrected chi connectivity index (χ0v) is 22.8. The minimum absolute atomic E-state index is 0.141. The van der Waals surface area contributed by atoms with Crippen molar-refractivity contribution < 1.29 is 33.7 Å². The summed E-state index contributed by atoms with van der Waals surface area (Å²) in [6.07, 6.45) is 12.3. The third-order valence-corrected chi connectivity index (χ3v) is 7.56. The number of fused-ring (bicyclic) bond motifs is 1. The van der Waals surface area contributed by atoms with Crippen LogP contribution in [0.4, 0.5) is 0 Å². The Balaban J connectivity index is 1.43. The van der Waals surface area contributed by atoms with Crippen LogP contribution in [0.1, 0.15) is 56.1 Å². The number of carbonyl (C=O) groups excluding carboxylic acids is 2. The van der Waals surface area contributed by atoms with Gasteiger partial charge in [-0.05, 0) is 80.8 Å². The predicted molar refractivity (Wildman–Crippen MR) is 146 cm³/mol. The van der Waals surface area contributed by atoms with Gasteiger partial charge >= 0.3 is 11.9 Å². The normalized spacial score (nSPS) is 17.4. The third-order valence-electron chi connectivity index (χ3n) is 7.56. The summed E-state index contributed by atoms with van der Waals surface area (Å²) in [5, 5.41) is 11.0. The summed E-state index contributed by atoms with van der Waals surface area (Å²) in [6.45, 7) is 2.65. The van der Waals surface area contributed by atoms with Crippen molar-refractivity contribution in [1.82, 2.24) is 10.2 Å². The van der Waals surface area contributed by atoms with Crippen molar-refractivity contribution in [3.05, 3.63) is 52.6 Å². The van der Waals surface area contributed by atoms with Crippen LogP contribution in [0.2, 0.25) is 0 Å². The van der Waals surface area contributed by atoms with E-state index >= 15 is 0 Å². The van der Waals surface area contributed by atoms with E-state index in [2.05, 4.69) is 28.4 Å². The summed E-state index contributed by atoms with van der Waals surface area (Å²) >= 11 is 0. The van der Waals surface area contributed by atoms with E-state index in [0.717, 1.165) is 68.4 Å². The second-order valence-corrected chi connectivity index (χ2v) is 10.3. The first-order valence-electron chi connectivity index (χ1n) is 13.6. The minimum atomic E-state index is -1.14. The molecule has 1 aliphatic heterocycles. The highest BCUT2D eigenvalue weighted by Gasteiger charge is 2.30. The molecule has 9 heteroatoms. The first-order chi connectivity index (χ1) is 18.9. The highest BCUT2D eigenvalue weighted by atomic mass is 16.5. The fraction of sp³-hybridized carbons (Fsp3) is 0.500. The molecule has 1 amide bonds. The molecule has 0 saturated carbocycles. The molecule has 1 fully saturated rings. The van der Waals surface area contributed by atoms with Crippen molar-refractivity contribution in [3.8, 4) is 11.5 Å². The van der Waals surface area contributed by atoms with E-state index in [-0.39, 0.29) is 12.8 Å². The molecular weight excluding hydrogens is 500 g/mol. The molecule has 1 saturated heterocycles. The van der Waals surface area contributed by atoms with E-state index in [9.17, 15) is 14.4 Å². The van der Waals surface area contributed by atoms with Gasteiger partial charge in [0.05, 0.1) is 20.6 Å². The zero-order chi connectivity index (χ0) is 27.8. The van der Waals surface area contributed by atoms with Crippen molar-refractivity contribution in [2.24, 2.45) is 5.92 Å². The molecule has 39 heavy (non-hydrogen) atoms. The maximum absolute atomic E-state index is 12.8. The average molecular weight is 539 g/mol.